The molecular weight excluding hydrogens is 182 g/mol. The molecule has 1 aromatic heterocycles. The van der Waals surface area contributed by atoms with Gasteiger partial charge in [0.25, 0.3) is 0 Å². The Labute approximate surface area is 95.9 Å². The van der Waals surface area contributed by atoms with Crippen LogP contribution < -0.4 is 0 Å². The Kier molecular flexibility index (Phi) is 14.5. The zero-order valence-corrected chi connectivity index (χ0v) is 11.3. The van der Waals surface area contributed by atoms with Crippen molar-refractivity contribution in [1.82, 2.24) is 4.98 Å². The second kappa shape index (κ2) is 13.2. The molecule has 0 bridgehead atoms. The number of pyridine rings is 1. The Bertz CT molecular complexity index is 218. The van der Waals surface area contributed by atoms with Crippen molar-refractivity contribution in [2.24, 2.45) is 0 Å². The van der Waals surface area contributed by atoms with Gasteiger partial charge in [0.15, 0.2) is 0 Å². The number of hydrogen-bond acceptors (Lipinski definition) is 1. The Morgan fingerprint density at radius 1 is 1.07 bits per heavy atom. The maximum Gasteiger partial charge on any atom is 0.0406 e. The number of aryl methyl sites for hydroxylation is 2. The summed E-state index contributed by atoms with van der Waals surface area (Å²) < 4.78 is 0. The first-order valence-electron chi connectivity index (χ1n) is 6.25. The third-order valence-corrected chi connectivity index (χ3v) is 1.73. The molecule has 0 atom stereocenters. The minimum absolute atomic E-state index is 1.12. The van der Waals surface area contributed by atoms with Crippen molar-refractivity contribution in [2.45, 2.75) is 60.8 Å². The lowest BCUT2D eigenvalue weighted by molar-refractivity contribution is 0.774. The SMILES string of the molecule is CC.CC.CCCCc1cccc(C)n1. The highest BCUT2D eigenvalue weighted by Crippen LogP contribution is 2.02. The normalized spacial score (nSPS) is 8.13. The summed E-state index contributed by atoms with van der Waals surface area (Å²) in [5.74, 6) is 0. The molecule has 1 rings (SSSR count). The van der Waals surface area contributed by atoms with Crippen molar-refractivity contribution in [3.63, 3.8) is 0 Å². The summed E-state index contributed by atoms with van der Waals surface area (Å²) in [6.07, 6.45) is 3.62. The van der Waals surface area contributed by atoms with Crippen LogP contribution in [0.4, 0.5) is 0 Å². The van der Waals surface area contributed by atoms with E-state index in [1.54, 1.807) is 0 Å². The van der Waals surface area contributed by atoms with E-state index in [9.17, 15) is 0 Å². The summed E-state index contributed by atoms with van der Waals surface area (Å²) >= 11 is 0. The molecule has 0 unspecified atom stereocenters. The van der Waals surface area contributed by atoms with E-state index in [1.165, 1.54) is 18.5 Å². The summed E-state index contributed by atoms with van der Waals surface area (Å²) in [5.41, 5.74) is 2.35. The summed E-state index contributed by atoms with van der Waals surface area (Å²) in [6.45, 7) is 12.2. The molecular formula is C14H27N. The molecule has 1 aromatic rings. The molecule has 0 aliphatic heterocycles. The van der Waals surface area contributed by atoms with Gasteiger partial charge in [0, 0.05) is 11.4 Å². The van der Waals surface area contributed by atoms with Gasteiger partial charge < -0.3 is 0 Å². The van der Waals surface area contributed by atoms with E-state index < -0.39 is 0 Å². The topological polar surface area (TPSA) is 12.9 Å². The molecule has 15 heavy (non-hydrogen) atoms. The molecule has 1 heterocycles. The summed E-state index contributed by atoms with van der Waals surface area (Å²) in [5, 5.41) is 0. The molecule has 0 N–H and O–H groups in total. The third-order valence-electron chi connectivity index (χ3n) is 1.73. The fraction of sp³-hybridized carbons (Fsp3) is 0.643. The van der Waals surface area contributed by atoms with Gasteiger partial charge in [-0.3, -0.25) is 4.98 Å². The van der Waals surface area contributed by atoms with Gasteiger partial charge in [-0.1, -0.05) is 47.1 Å². The van der Waals surface area contributed by atoms with Crippen molar-refractivity contribution < 1.29 is 0 Å². The van der Waals surface area contributed by atoms with Crippen molar-refractivity contribution in [1.29, 1.82) is 0 Å². The summed E-state index contributed by atoms with van der Waals surface area (Å²) in [4.78, 5) is 4.41. The maximum atomic E-state index is 4.41. The van der Waals surface area contributed by atoms with Crippen LogP contribution in [0.5, 0.6) is 0 Å². The lowest BCUT2D eigenvalue weighted by Crippen LogP contribution is -1.90. The third kappa shape index (κ3) is 9.45. The molecule has 1 heteroatoms. The smallest absolute Gasteiger partial charge is 0.0406 e. The molecule has 1 nitrogen and oxygen atoms in total. The van der Waals surface area contributed by atoms with Crippen molar-refractivity contribution in [3.8, 4) is 0 Å². The van der Waals surface area contributed by atoms with Crippen LogP contribution in [-0.2, 0) is 6.42 Å². The fourth-order valence-corrected chi connectivity index (χ4v) is 1.10. The van der Waals surface area contributed by atoms with Crippen LogP contribution in [0.25, 0.3) is 0 Å². The highest BCUT2D eigenvalue weighted by molar-refractivity contribution is 5.09. The predicted octanol–water partition coefficient (Wildman–Crippen LogP) is 4.79. The second-order valence-corrected chi connectivity index (χ2v) is 2.87. The van der Waals surface area contributed by atoms with E-state index in [0.717, 1.165) is 12.1 Å². The number of rotatable bonds is 3. The zero-order valence-electron chi connectivity index (χ0n) is 11.3. The van der Waals surface area contributed by atoms with E-state index in [1.807, 2.05) is 40.7 Å². The molecule has 0 saturated carbocycles. The lowest BCUT2D eigenvalue weighted by Gasteiger charge is -1.98. The van der Waals surface area contributed by atoms with Gasteiger partial charge in [0.05, 0.1) is 0 Å². The molecule has 0 fully saturated rings. The van der Waals surface area contributed by atoms with Crippen LogP contribution in [0.1, 0.15) is 58.8 Å². The molecule has 0 spiro atoms. The Morgan fingerprint density at radius 2 is 1.67 bits per heavy atom. The van der Waals surface area contributed by atoms with Crippen molar-refractivity contribution >= 4 is 0 Å². The van der Waals surface area contributed by atoms with Crippen LogP contribution in [0, 0.1) is 6.92 Å². The van der Waals surface area contributed by atoms with Gasteiger partial charge in [-0.05, 0) is 31.9 Å². The van der Waals surface area contributed by atoms with E-state index in [4.69, 9.17) is 0 Å². The molecule has 0 aromatic carbocycles. The first-order chi connectivity index (χ1) is 7.33. The molecule has 0 amide bonds. The van der Waals surface area contributed by atoms with E-state index in [-0.39, 0.29) is 0 Å². The van der Waals surface area contributed by atoms with E-state index >= 15 is 0 Å². The van der Waals surface area contributed by atoms with Gasteiger partial charge in [-0.15, -0.1) is 0 Å². The predicted molar refractivity (Wildman–Crippen MR) is 70.3 cm³/mol. The first-order valence-corrected chi connectivity index (χ1v) is 6.25. The van der Waals surface area contributed by atoms with Gasteiger partial charge in [0.2, 0.25) is 0 Å². The number of aromatic nitrogens is 1. The van der Waals surface area contributed by atoms with Gasteiger partial charge >= 0.3 is 0 Å². The van der Waals surface area contributed by atoms with Crippen LogP contribution in [0.3, 0.4) is 0 Å². The average Bonchev–Trinajstić information content (AvgIpc) is 2.32. The Morgan fingerprint density at radius 3 is 2.13 bits per heavy atom. The highest BCUT2D eigenvalue weighted by Gasteiger charge is 1.92. The molecule has 0 aliphatic rings. The van der Waals surface area contributed by atoms with E-state index in [2.05, 4.69) is 24.0 Å². The van der Waals surface area contributed by atoms with Crippen LogP contribution in [0.2, 0.25) is 0 Å². The number of nitrogens with zero attached hydrogens (tertiary/aromatic N) is 1. The van der Waals surface area contributed by atoms with Crippen LogP contribution in [0.15, 0.2) is 18.2 Å². The van der Waals surface area contributed by atoms with Crippen LogP contribution >= 0.6 is 0 Å². The largest absolute Gasteiger partial charge is 0.258 e. The summed E-state index contributed by atoms with van der Waals surface area (Å²) in [7, 11) is 0. The van der Waals surface area contributed by atoms with Crippen LogP contribution in [-0.4, -0.2) is 4.98 Å². The zero-order chi connectivity index (χ0) is 12.1. The second-order valence-electron chi connectivity index (χ2n) is 2.87. The van der Waals surface area contributed by atoms with Crippen molar-refractivity contribution in [2.75, 3.05) is 0 Å². The minimum Gasteiger partial charge on any atom is -0.258 e. The quantitative estimate of drug-likeness (QED) is 0.697. The minimum atomic E-state index is 1.12. The molecule has 0 radical (unpaired) electrons. The fourth-order valence-electron chi connectivity index (χ4n) is 1.10. The van der Waals surface area contributed by atoms with Gasteiger partial charge in [0.1, 0.15) is 0 Å². The van der Waals surface area contributed by atoms with Gasteiger partial charge in [-0.25, -0.2) is 0 Å². The molecule has 0 saturated heterocycles. The van der Waals surface area contributed by atoms with E-state index in [0.29, 0.717) is 0 Å². The molecule has 88 valence electrons. The Balaban J connectivity index is 0. The lowest BCUT2D eigenvalue weighted by atomic mass is 10.2. The number of hydrogen-bond donors (Lipinski definition) is 0. The monoisotopic (exact) mass is 209 g/mol. The standard InChI is InChI=1S/C10H15N.2C2H6/c1-3-4-7-10-8-5-6-9(2)11-10;2*1-2/h5-6,8H,3-4,7H2,1-2H3;2*1-2H3. The number of unbranched alkanes of at least 4 members (excludes halogenated alkanes) is 1. The van der Waals surface area contributed by atoms with Crippen molar-refractivity contribution in [3.05, 3.63) is 29.6 Å². The highest BCUT2D eigenvalue weighted by atomic mass is 14.7. The van der Waals surface area contributed by atoms with Gasteiger partial charge in [-0.2, -0.15) is 0 Å². The molecule has 0 aliphatic carbocycles. The average molecular weight is 209 g/mol. The first kappa shape index (κ1) is 16.6. The maximum absolute atomic E-state index is 4.41. The summed E-state index contributed by atoms with van der Waals surface area (Å²) in [6, 6.07) is 6.21. The Hall–Kier alpha value is -0.850.